The third-order valence-corrected chi connectivity index (χ3v) is 5.86. The monoisotopic (exact) mass is 468 g/mol. The molecule has 34 heavy (non-hydrogen) atoms. The first-order valence-electron chi connectivity index (χ1n) is 12.8. The lowest BCUT2D eigenvalue weighted by Gasteiger charge is -2.24. The predicted octanol–water partition coefficient (Wildman–Crippen LogP) is 6.26. The molecule has 2 aromatic rings. The van der Waals surface area contributed by atoms with Crippen molar-refractivity contribution in [3.63, 3.8) is 0 Å². The highest BCUT2D eigenvalue weighted by Crippen LogP contribution is 2.27. The van der Waals surface area contributed by atoms with Crippen LogP contribution in [0.1, 0.15) is 91.3 Å². The average molecular weight is 469 g/mol. The number of para-hydroxylation sites is 1. The van der Waals surface area contributed by atoms with Crippen LogP contribution < -0.4 is 5.32 Å². The Bertz CT molecular complexity index is 940. The minimum atomic E-state index is -0.199. The second-order valence-corrected chi connectivity index (χ2v) is 10.7. The summed E-state index contributed by atoms with van der Waals surface area (Å²) in [6.45, 7) is 15.3. The number of anilines is 1. The van der Waals surface area contributed by atoms with Crippen LogP contribution in [0.3, 0.4) is 0 Å². The fourth-order valence-electron chi connectivity index (χ4n) is 3.91. The van der Waals surface area contributed by atoms with Crippen molar-refractivity contribution in [3.05, 3.63) is 41.6 Å². The molecule has 1 N–H and O–H groups in total. The number of nitrogens with one attached hydrogen (secondary N) is 1. The molecule has 0 aliphatic carbocycles. The Labute approximate surface area is 206 Å². The Morgan fingerprint density at radius 1 is 1.09 bits per heavy atom. The van der Waals surface area contributed by atoms with Crippen molar-refractivity contribution in [2.24, 2.45) is 5.92 Å². The molecule has 0 atom stereocenters. The summed E-state index contributed by atoms with van der Waals surface area (Å²) in [4.78, 5) is 27.7. The predicted molar refractivity (Wildman–Crippen MR) is 140 cm³/mol. The topological polar surface area (TPSA) is 67.2 Å². The van der Waals surface area contributed by atoms with E-state index in [1.165, 1.54) is 12.8 Å². The van der Waals surface area contributed by atoms with Crippen molar-refractivity contribution >= 4 is 17.6 Å². The highest BCUT2D eigenvalue weighted by atomic mass is 16.2. The van der Waals surface area contributed by atoms with Crippen molar-refractivity contribution in [1.82, 2.24) is 14.7 Å². The molecule has 188 valence electrons. The fraction of sp³-hybridized carbons (Fsp3) is 0.607. The average Bonchev–Trinajstić information content (AvgIpc) is 3.17. The molecule has 1 heterocycles. The fourth-order valence-corrected chi connectivity index (χ4v) is 3.91. The third kappa shape index (κ3) is 8.30. The number of unbranched alkanes of at least 4 members (excludes halogenated alkanes) is 4. The lowest BCUT2D eigenvalue weighted by atomic mass is 9.92. The molecule has 2 amide bonds. The zero-order chi connectivity index (χ0) is 25.3. The summed E-state index contributed by atoms with van der Waals surface area (Å²) in [7, 11) is 0. The van der Waals surface area contributed by atoms with E-state index in [0.717, 1.165) is 36.2 Å². The van der Waals surface area contributed by atoms with Gasteiger partial charge >= 0.3 is 0 Å². The third-order valence-electron chi connectivity index (χ3n) is 5.86. The van der Waals surface area contributed by atoms with Crippen LogP contribution in [-0.2, 0) is 15.0 Å². The van der Waals surface area contributed by atoms with Gasteiger partial charge in [0.1, 0.15) is 5.82 Å². The molecule has 0 fully saturated rings. The summed E-state index contributed by atoms with van der Waals surface area (Å²) < 4.78 is 1.80. The number of rotatable bonds is 12. The van der Waals surface area contributed by atoms with E-state index < -0.39 is 0 Å². The number of nitrogens with zero attached hydrogens (tertiary/aromatic N) is 3. The van der Waals surface area contributed by atoms with Crippen LogP contribution in [-0.4, -0.2) is 39.6 Å². The van der Waals surface area contributed by atoms with E-state index in [1.807, 2.05) is 37.3 Å². The van der Waals surface area contributed by atoms with Gasteiger partial charge in [0.15, 0.2) is 0 Å². The Balaban J connectivity index is 2.17. The second kappa shape index (κ2) is 12.7. The van der Waals surface area contributed by atoms with Gasteiger partial charge in [0.25, 0.3) is 0 Å². The molecule has 0 bridgehead atoms. The van der Waals surface area contributed by atoms with E-state index in [4.69, 9.17) is 5.10 Å². The van der Waals surface area contributed by atoms with Crippen LogP contribution in [0, 0.1) is 12.8 Å². The van der Waals surface area contributed by atoms with Crippen LogP contribution in [0.2, 0.25) is 0 Å². The van der Waals surface area contributed by atoms with Crippen LogP contribution in [0.15, 0.2) is 30.3 Å². The van der Waals surface area contributed by atoms with Crippen LogP contribution >= 0.6 is 0 Å². The summed E-state index contributed by atoms with van der Waals surface area (Å²) in [5.41, 5.74) is 2.73. The van der Waals surface area contributed by atoms with E-state index >= 15 is 0 Å². The summed E-state index contributed by atoms with van der Waals surface area (Å²) in [5, 5.41) is 7.85. The molecule has 6 heteroatoms. The smallest absolute Gasteiger partial charge is 0.245 e. The normalized spacial score (nSPS) is 11.6. The number of amides is 2. The van der Waals surface area contributed by atoms with Gasteiger partial charge in [0.2, 0.25) is 11.8 Å². The highest BCUT2D eigenvalue weighted by molar-refractivity contribution is 5.94. The van der Waals surface area contributed by atoms with Gasteiger partial charge in [-0.15, -0.1) is 0 Å². The molecule has 0 unspecified atom stereocenters. The summed E-state index contributed by atoms with van der Waals surface area (Å²) in [6.07, 6.45) is 5.99. The van der Waals surface area contributed by atoms with Gasteiger partial charge in [-0.25, -0.2) is 4.68 Å². The molecule has 6 nitrogen and oxygen atoms in total. The first-order chi connectivity index (χ1) is 16.0. The number of carbonyl (C=O) groups excluding carboxylic acids is 2. The summed E-state index contributed by atoms with van der Waals surface area (Å²) in [5.74, 6) is 0.779. The van der Waals surface area contributed by atoms with Crippen molar-refractivity contribution in [2.75, 3.05) is 18.4 Å². The van der Waals surface area contributed by atoms with Gasteiger partial charge in [-0.1, -0.05) is 85.4 Å². The number of aryl methyl sites for hydroxylation is 1. The lowest BCUT2D eigenvalue weighted by molar-refractivity contribution is -0.135. The maximum Gasteiger partial charge on any atom is 0.245 e. The first kappa shape index (κ1) is 27.6. The van der Waals surface area contributed by atoms with Gasteiger partial charge in [-0.2, -0.15) is 5.10 Å². The summed E-state index contributed by atoms with van der Waals surface area (Å²) in [6, 6.07) is 9.92. The Morgan fingerprint density at radius 2 is 1.76 bits per heavy atom. The largest absolute Gasteiger partial charge is 0.333 e. The van der Waals surface area contributed by atoms with E-state index in [9.17, 15) is 9.59 Å². The molecule has 0 aliphatic heterocycles. The van der Waals surface area contributed by atoms with E-state index in [1.54, 1.807) is 9.58 Å². The van der Waals surface area contributed by atoms with Crippen LogP contribution in [0.5, 0.6) is 0 Å². The van der Waals surface area contributed by atoms with E-state index in [2.05, 4.69) is 46.9 Å². The van der Waals surface area contributed by atoms with Gasteiger partial charge in [0, 0.05) is 24.4 Å². The quantitative estimate of drug-likeness (QED) is 0.374. The second-order valence-electron chi connectivity index (χ2n) is 10.7. The molecule has 0 saturated carbocycles. The number of benzene rings is 1. The van der Waals surface area contributed by atoms with E-state index in [-0.39, 0.29) is 23.8 Å². The zero-order valence-corrected chi connectivity index (χ0v) is 22.3. The Morgan fingerprint density at radius 3 is 2.38 bits per heavy atom. The maximum atomic E-state index is 13.1. The Hall–Kier alpha value is -2.63. The van der Waals surface area contributed by atoms with Crippen molar-refractivity contribution < 1.29 is 9.59 Å². The SMILES string of the molecule is CCCCCCCC(=O)N(CC(=O)Nc1cc(C(C)(C)C)nn1-c1ccccc1C)CC(C)C. The number of carbonyl (C=O) groups is 2. The van der Waals surface area contributed by atoms with Gasteiger partial charge in [0.05, 0.1) is 17.9 Å². The molecule has 0 saturated heterocycles. The van der Waals surface area contributed by atoms with Crippen LogP contribution in [0.4, 0.5) is 5.82 Å². The van der Waals surface area contributed by atoms with Gasteiger partial charge in [-0.3, -0.25) is 9.59 Å². The minimum absolute atomic E-state index is 0.0514. The number of hydrogen-bond donors (Lipinski definition) is 1. The van der Waals surface area contributed by atoms with Crippen molar-refractivity contribution in [2.45, 2.75) is 92.4 Å². The van der Waals surface area contributed by atoms with Crippen molar-refractivity contribution in [1.29, 1.82) is 0 Å². The molecular formula is C28H44N4O2. The minimum Gasteiger partial charge on any atom is -0.333 e. The highest BCUT2D eigenvalue weighted by Gasteiger charge is 2.23. The molecule has 0 aliphatic rings. The van der Waals surface area contributed by atoms with E-state index in [0.29, 0.717) is 24.7 Å². The first-order valence-corrected chi connectivity index (χ1v) is 12.8. The molecule has 1 aromatic heterocycles. The van der Waals surface area contributed by atoms with Crippen LogP contribution in [0.25, 0.3) is 5.69 Å². The zero-order valence-electron chi connectivity index (χ0n) is 22.3. The molecule has 2 rings (SSSR count). The van der Waals surface area contributed by atoms with Gasteiger partial charge in [-0.05, 0) is 30.9 Å². The number of aromatic nitrogens is 2. The maximum absolute atomic E-state index is 13.1. The Kier molecular flexibility index (Phi) is 10.3. The molecule has 1 aromatic carbocycles. The molecule has 0 radical (unpaired) electrons. The molecular weight excluding hydrogens is 424 g/mol. The molecule has 0 spiro atoms. The standard InChI is InChI=1S/C28H44N4O2/c1-8-9-10-11-12-17-27(34)31(19-21(2)3)20-26(33)29-25-18-24(28(5,6)7)30-32(25)23-16-14-13-15-22(23)4/h13-16,18,21H,8-12,17,19-20H2,1-7H3,(H,29,33). The van der Waals surface area contributed by atoms with Gasteiger partial charge < -0.3 is 10.2 Å². The lowest BCUT2D eigenvalue weighted by Crippen LogP contribution is -2.40. The van der Waals surface area contributed by atoms with Crippen molar-refractivity contribution in [3.8, 4) is 5.69 Å². The summed E-state index contributed by atoms with van der Waals surface area (Å²) >= 11 is 0. The number of hydrogen-bond acceptors (Lipinski definition) is 3.